The van der Waals surface area contributed by atoms with Crippen LogP contribution in [0.4, 0.5) is 5.69 Å². The Morgan fingerprint density at radius 2 is 1.96 bits per heavy atom. The van der Waals surface area contributed by atoms with Crippen LogP contribution in [0.25, 0.3) is 0 Å². The molecule has 1 aliphatic heterocycles. The molecule has 0 bridgehead atoms. The molecule has 2 aromatic rings. The number of anilines is 1. The fourth-order valence-corrected chi connectivity index (χ4v) is 3.08. The first-order valence-electron chi connectivity index (χ1n) is 9.18. The minimum Gasteiger partial charge on any atom is -0.547 e. The molecule has 6 nitrogen and oxygen atoms in total. The summed E-state index contributed by atoms with van der Waals surface area (Å²) in [5, 5.41) is 11.1. The van der Waals surface area contributed by atoms with Crippen molar-refractivity contribution in [2.45, 2.75) is 19.4 Å². The zero-order chi connectivity index (χ0) is 19.1. The van der Waals surface area contributed by atoms with Crippen molar-refractivity contribution >= 4 is 34.7 Å². The first-order chi connectivity index (χ1) is 13.2. The number of benzene rings is 2. The molecule has 7 heteroatoms. The average molecular weight is 395 g/mol. The number of hydrogen-bond acceptors (Lipinski definition) is 6. The van der Waals surface area contributed by atoms with E-state index in [0.717, 1.165) is 35.8 Å². The summed E-state index contributed by atoms with van der Waals surface area (Å²) in [4.78, 5) is 13.3. The molecule has 0 radical (unpaired) electrons. The molecule has 0 saturated heterocycles. The summed E-state index contributed by atoms with van der Waals surface area (Å²) in [6, 6.07) is 15.4. The van der Waals surface area contributed by atoms with Gasteiger partial charge in [-0.2, -0.15) is 0 Å². The number of aliphatic carboxylic acids is 1. The second-order valence-corrected chi connectivity index (χ2v) is 6.26. The summed E-state index contributed by atoms with van der Waals surface area (Å²) in [7, 11) is 0. The van der Waals surface area contributed by atoms with Crippen LogP contribution >= 0.6 is 0 Å². The molecule has 0 fully saturated rings. The Morgan fingerprint density at radius 1 is 1.21 bits per heavy atom. The summed E-state index contributed by atoms with van der Waals surface area (Å²) in [6.45, 7) is 4.92. The van der Waals surface area contributed by atoms with Crippen LogP contribution in [-0.4, -0.2) is 68.0 Å². The van der Waals surface area contributed by atoms with Gasteiger partial charge in [-0.1, -0.05) is 24.3 Å². The van der Waals surface area contributed by atoms with E-state index >= 15 is 0 Å². The Labute approximate surface area is 181 Å². The predicted molar refractivity (Wildman–Crippen MR) is 106 cm³/mol. The fraction of sp³-hybridized carbons (Fsp3) is 0.381. The Kier molecular flexibility index (Phi) is 8.88. The van der Waals surface area contributed by atoms with Crippen LogP contribution in [0, 0.1) is 0 Å². The summed E-state index contributed by atoms with van der Waals surface area (Å²) in [5.41, 5.74) is 1.96. The van der Waals surface area contributed by atoms with Crippen LogP contribution in [0.5, 0.6) is 11.5 Å². The maximum absolute atomic E-state index is 11.1. The maximum atomic E-state index is 11.1. The molecule has 1 heterocycles. The van der Waals surface area contributed by atoms with Crippen LogP contribution < -0.4 is 19.5 Å². The zero-order valence-corrected chi connectivity index (χ0v) is 17.5. The van der Waals surface area contributed by atoms with Gasteiger partial charge in [0.15, 0.2) is 0 Å². The molecule has 0 unspecified atom stereocenters. The van der Waals surface area contributed by atoms with Crippen molar-refractivity contribution in [1.82, 2.24) is 0 Å². The molecule has 0 saturated carbocycles. The molecule has 0 N–H and O–H groups in total. The van der Waals surface area contributed by atoms with Crippen LogP contribution in [0.1, 0.15) is 12.5 Å². The third-order valence-corrected chi connectivity index (χ3v) is 4.43. The van der Waals surface area contributed by atoms with Gasteiger partial charge in [-0.05, 0) is 36.8 Å². The molecule has 0 amide bonds. The number of para-hydroxylation sites is 2. The minimum absolute atomic E-state index is 0. The number of carboxylic acids is 1. The van der Waals surface area contributed by atoms with Gasteiger partial charge in [-0.15, -0.1) is 0 Å². The summed E-state index contributed by atoms with van der Waals surface area (Å²) >= 11 is 0. The van der Waals surface area contributed by atoms with Gasteiger partial charge < -0.3 is 29.0 Å². The minimum atomic E-state index is -1.19. The van der Waals surface area contributed by atoms with Crippen molar-refractivity contribution in [3.63, 3.8) is 0 Å². The van der Waals surface area contributed by atoms with E-state index in [1.807, 2.05) is 42.5 Å². The largest absolute Gasteiger partial charge is 2.00 e. The maximum Gasteiger partial charge on any atom is 2.00 e. The van der Waals surface area contributed by atoms with Crippen LogP contribution in [0.3, 0.4) is 0 Å². The average Bonchev–Trinajstić information content (AvgIpc) is 2.69. The number of hydrogen-bond donors (Lipinski definition) is 0. The van der Waals surface area contributed by atoms with Crippen LogP contribution in [0.15, 0.2) is 48.5 Å². The quantitative estimate of drug-likeness (QED) is 0.597. The summed E-state index contributed by atoms with van der Waals surface area (Å²) < 4.78 is 16.7. The van der Waals surface area contributed by atoms with E-state index in [1.54, 1.807) is 6.92 Å². The number of carboxylic acid groups (broad SMARTS) is 1. The molecule has 2 aromatic carbocycles. The topological polar surface area (TPSA) is 71.1 Å². The number of fused-ring (bicyclic) bond motifs is 1. The summed E-state index contributed by atoms with van der Waals surface area (Å²) in [6.07, 6.45) is -0.649. The van der Waals surface area contributed by atoms with E-state index in [2.05, 4.69) is 11.0 Å². The molecular weight excluding hydrogens is 371 g/mol. The molecular formula is C21H24MgNO5+. The normalized spacial score (nSPS) is 13.7. The second-order valence-electron chi connectivity index (χ2n) is 6.26. The van der Waals surface area contributed by atoms with E-state index in [0.29, 0.717) is 19.8 Å². The van der Waals surface area contributed by atoms with Gasteiger partial charge in [0.2, 0.25) is 0 Å². The van der Waals surface area contributed by atoms with Gasteiger partial charge >= 0.3 is 23.1 Å². The molecule has 3 rings (SSSR count). The molecule has 144 valence electrons. The molecule has 28 heavy (non-hydrogen) atoms. The van der Waals surface area contributed by atoms with E-state index in [-0.39, 0.29) is 29.5 Å². The van der Waals surface area contributed by atoms with E-state index in [1.165, 1.54) is 0 Å². The van der Waals surface area contributed by atoms with Gasteiger partial charge in [0, 0.05) is 13.0 Å². The van der Waals surface area contributed by atoms with Crippen molar-refractivity contribution in [3.8, 4) is 11.5 Å². The predicted octanol–water partition coefficient (Wildman–Crippen LogP) is 1.28. The standard InChI is InChI=1S/C21H25NO5.Mg/c1-2-25-20(21(23)24)15-16-7-9-17(10-8-16)26-13-11-22-12-14-27-19-6-4-3-5-18(19)22;/h3-10,20H,2,11-15H2,1H3,(H,23,24);/q;+2/p-1/t20-;/m0./s1. The summed E-state index contributed by atoms with van der Waals surface area (Å²) in [5.74, 6) is 0.467. The second kappa shape index (κ2) is 11.1. The van der Waals surface area contributed by atoms with Crippen molar-refractivity contribution in [1.29, 1.82) is 0 Å². The Balaban J connectivity index is 0.00000280. The number of nitrogens with zero attached hydrogens (tertiary/aromatic N) is 1. The van der Waals surface area contributed by atoms with Gasteiger partial charge in [0.1, 0.15) is 30.8 Å². The Morgan fingerprint density at radius 3 is 2.68 bits per heavy atom. The van der Waals surface area contributed by atoms with Crippen molar-refractivity contribution in [3.05, 3.63) is 54.1 Å². The number of carbonyl (C=O) groups excluding carboxylic acids is 1. The first-order valence-corrected chi connectivity index (χ1v) is 9.18. The SMILES string of the molecule is CCO[C@@H](Cc1ccc(OCCN2CCOc3ccccc32)cc1)C(=O)[O-].[Mg+2]. The fourth-order valence-electron chi connectivity index (χ4n) is 3.08. The van der Waals surface area contributed by atoms with E-state index < -0.39 is 12.1 Å². The Bertz CT molecular complexity index is 753. The first kappa shape index (κ1) is 22.3. The molecule has 1 atom stereocenters. The van der Waals surface area contributed by atoms with Crippen molar-refractivity contribution in [2.24, 2.45) is 0 Å². The third-order valence-electron chi connectivity index (χ3n) is 4.43. The molecule has 1 aliphatic rings. The van der Waals surface area contributed by atoms with E-state index in [4.69, 9.17) is 14.2 Å². The Hall–Kier alpha value is -1.96. The number of ether oxygens (including phenoxy) is 3. The van der Waals surface area contributed by atoms with Gasteiger partial charge in [0.05, 0.1) is 24.7 Å². The third kappa shape index (κ3) is 6.02. The van der Waals surface area contributed by atoms with Gasteiger partial charge in [-0.3, -0.25) is 0 Å². The number of rotatable bonds is 9. The van der Waals surface area contributed by atoms with E-state index in [9.17, 15) is 9.90 Å². The van der Waals surface area contributed by atoms with Gasteiger partial charge in [-0.25, -0.2) is 0 Å². The van der Waals surface area contributed by atoms with Gasteiger partial charge in [0.25, 0.3) is 0 Å². The van der Waals surface area contributed by atoms with Crippen molar-refractivity contribution in [2.75, 3.05) is 37.8 Å². The zero-order valence-electron chi connectivity index (χ0n) is 16.1. The number of carbonyl (C=O) groups is 1. The van der Waals surface area contributed by atoms with Crippen LogP contribution in [0.2, 0.25) is 0 Å². The monoisotopic (exact) mass is 394 g/mol. The van der Waals surface area contributed by atoms with Crippen LogP contribution in [-0.2, 0) is 16.0 Å². The molecule has 0 aromatic heterocycles. The molecule has 0 aliphatic carbocycles. The molecule has 0 spiro atoms. The smallest absolute Gasteiger partial charge is 0.547 e. The van der Waals surface area contributed by atoms with Crippen molar-refractivity contribution < 1.29 is 24.1 Å².